The number of Topliss-reactive ketones (excluding diaryl/α,β-unsaturated/α-hetero) is 2. The number of ketones is 2. The number of nitrogens with one attached hydrogen (secondary N) is 1. The number of rotatable bonds is 26. The number of hydrogen-bond acceptors (Lipinski definition) is 12. The van der Waals surface area contributed by atoms with Gasteiger partial charge < -0.3 is 48.1 Å². The average Bonchev–Trinajstić information content (AvgIpc) is 2.84. The van der Waals surface area contributed by atoms with Crippen LogP contribution in [0.25, 0.3) is 0 Å². The highest BCUT2D eigenvalue weighted by Crippen LogP contribution is 2.00. The molecule has 210 valence electrons. The largest absolute Gasteiger partial charge is 0.463 e. The maximum Gasteiger partial charge on any atom is 0.323 e. The van der Waals surface area contributed by atoms with Crippen LogP contribution in [-0.4, -0.2) is 116 Å². The van der Waals surface area contributed by atoms with Crippen LogP contribution < -0.4 is 5.32 Å². The molecule has 12 heteroatoms. The third kappa shape index (κ3) is 23.8. The van der Waals surface area contributed by atoms with E-state index in [0.717, 1.165) is 0 Å². The Balaban J connectivity index is 3.30. The summed E-state index contributed by atoms with van der Waals surface area (Å²) in [5.41, 5.74) is 0. The van der Waals surface area contributed by atoms with Crippen molar-refractivity contribution < 1.29 is 52.3 Å². The summed E-state index contributed by atoms with van der Waals surface area (Å²) in [6, 6.07) is -0.496. The Morgan fingerprint density at radius 3 is 1.33 bits per heavy atom. The highest BCUT2D eigenvalue weighted by Gasteiger charge is 2.18. The first-order chi connectivity index (χ1) is 17.4. The number of ether oxygens (including phenoxy) is 7. The second kappa shape index (κ2) is 24.7. The molecule has 0 bridgehead atoms. The number of carbonyl (C=O) groups excluding carboxylic acids is 4. The van der Waals surface area contributed by atoms with Crippen LogP contribution >= 0.6 is 0 Å². The standard InChI is InChI=1S/C24H43NO11/c1-20(26)4-6-22(25-3)24(29)36-19-17-34-15-13-32-11-9-30-8-10-31-12-14-33-16-18-35-23(28)7-5-21(2)27/h22,25H,4-19H2,1-3H3. The Hall–Kier alpha value is -1.96. The summed E-state index contributed by atoms with van der Waals surface area (Å²) < 4.78 is 36.8. The molecule has 0 rings (SSSR count). The van der Waals surface area contributed by atoms with Crippen LogP contribution in [0.15, 0.2) is 0 Å². The fraction of sp³-hybridized carbons (Fsp3) is 0.833. The minimum atomic E-state index is -0.496. The van der Waals surface area contributed by atoms with E-state index in [1.807, 2.05) is 0 Å². The van der Waals surface area contributed by atoms with E-state index in [2.05, 4.69) is 5.32 Å². The van der Waals surface area contributed by atoms with E-state index in [1.165, 1.54) is 13.8 Å². The van der Waals surface area contributed by atoms with Crippen molar-refractivity contribution >= 4 is 23.5 Å². The summed E-state index contributed by atoms with van der Waals surface area (Å²) >= 11 is 0. The van der Waals surface area contributed by atoms with Gasteiger partial charge in [-0.25, -0.2) is 0 Å². The minimum Gasteiger partial charge on any atom is -0.463 e. The highest BCUT2D eigenvalue weighted by molar-refractivity contribution is 5.81. The van der Waals surface area contributed by atoms with Crippen molar-refractivity contribution in [3.05, 3.63) is 0 Å². The lowest BCUT2D eigenvalue weighted by atomic mass is 10.1. The monoisotopic (exact) mass is 521 g/mol. The Kier molecular flexibility index (Phi) is 23.4. The predicted molar refractivity (Wildman–Crippen MR) is 129 cm³/mol. The van der Waals surface area contributed by atoms with E-state index in [-0.39, 0.29) is 50.8 Å². The lowest BCUT2D eigenvalue weighted by Gasteiger charge is -2.14. The Morgan fingerprint density at radius 1 is 0.556 bits per heavy atom. The van der Waals surface area contributed by atoms with Crippen molar-refractivity contribution in [3.8, 4) is 0 Å². The Labute approximate surface area is 213 Å². The summed E-state index contributed by atoms with van der Waals surface area (Å²) in [6.45, 7) is 7.01. The quantitative estimate of drug-likeness (QED) is 0.125. The molecule has 0 aromatic carbocycles. The lowest BCUT2D eigenvalue weighted by molar-refractivity contribution is -0.148. The molecule has 0 radical (unpaired) electrons. The van der Waals surface area contributed by atoms with Gasteiger partial charge in [0.1, 0.15) is 30.8 Å². The van der Waals surface area contributed by atoms with E-state index in [0.29, 0.717) is 65.7 Å². The second-order valence-corrected chi connectivity index (χ2v) is 7.73. The minimum absolute atomic E-state index is 0.0323. The van der Waals surface area contributed by atoms with Gasteiger partial charge in [-0.3, -0.25) is 9.59 Å². The molecule has 1 N–H and O–H groups in total. The van der Waals surface area contributed by atoms with Crippen LogP contribution in [0.4, 0.5) is 0 Å². The van der Waals surface area contributed by atoms with E-state index in [9.17, 15) is 19.2 Å². The molecule has 12 nitrogen and oxygen atoms in total. The molecule has 0 spiro atoms. The average molecular weight is 522 g/mol. The van der Waals surface area contributed by atoms with Gasteiger partial charge in [0.15, 0.2) is 0 Å². The van der Waals surface area contributed by atoms with Crippen LogP contribution in [-0.2, 0) is 52.3 Å². The maximum atomic E-state index is 11.9. The molecule has 1 atom stereocenters. The van der Waals surface area contributed by atoms with Gasteiger partial charge in [-0.2, -0.15) is 0 Å². The summed E-state index contributed by atoms with van der Waals surface area (Å²) in [7, 11) is 1.65. The van der Waals surface area contributed by atoms with Crippen molar-refractivity contribution in [2.45, 2.75) is 45.6 Å². The van der Waals surface area contributed by atoms with Gasteiger partial charge >= 0.3 is 11.9 Å². The predicted octanol–water partition coefficient (Wildman–Crippen LogP) is 0.482. The zero-order valence-electron chi connectivity index (χ0n) is 21.9. The molecule has 1 unspecified atom stereocenters. The van der Waals surface area contributed by atoms with Gasteiger partial charge in [-0.1, -0.05) is 0 Å². The van der Waals surface area contributed by atoms with Gasteiger partial charge in [0, 0.05) is 12.8 Å². The fourth-order valence-corrected chi connectivity index (χ4v) is 2.58. The Bertz CT molecular complexity index is 601. The van der Waals surface area contributed by atoms with Gasteiger partial charge in [0.05, 0.1) is 72.5 Å². The van der Waals surface area contributed by atoms with Crippen molar-refractivity contribution in [1.29, 1.82) is 0 Å². The summed E-state index contributed by atoms with van der Waals surface area (Å²) in [6.07, 6.45) is 1.03. The first-order valence-electron chi connectivity index (χ1n) is 12.2. The molecule has 36 heavy (non-hydrogen) atoms. The van der Waals surface area contributed by atoms with Crippen LogP contribution in [0.3, 0.4) is 0 Å². The molecule has 0 saturated carbocycles. The summed E-state index contributed by atoms with van der Waals surface area (Å²) in [4.78, 5) is 45.0. The molecule has 0 amide bonds. The molecule has 0 aromatic rings. The van der Waals surface area contributed by atoms with Gasteiger partial charge in [-0.15, -0.1) is 0 Å². The summed E-state index contributed by atoms with van der Waals surface area (Å²) in [5.74, 6) is -0.810. The molecular formula is C24H43NO11. The number of hydrogen-bond donors (Lipinski definition) is 1. The number of likely N-dealkylation sites (N-methyl/N-ethyl adjacent to an activating group) is 1. The first kappa shape index (κ1) is 34.0. The van der Waals surface area contributed by atoms with Gasteiger partial charge in [0.25, 0.3) is 0 Å². The smallest absolute Gasteiger partial charge is 0.323 e. The van der Waals surface area contributed by atoms with Crippen molar-refractivity contribution in [2.24, 2.45) is 0 Å². The molecule has 0 heterocycles. The Morgan fingerprint density at radius 2 is 0.944 bits per heavy atom. The number of carbonyl (C=O) groups is 4. The van der Waals surface area contributed by atoms with Crippen LogP contribution in [0.5, 0.6) is 0 Å². The highest BCUT2D eigenvalue weighted by atomic mass is 16.6. The second-order valence-electron chi connectivity index (χ2n) is 7.73. The third-order valence-corrected chi connectivity index (χ3v) is 4.55. The van der Waals surface area contributed by atoms with Gasteiger partial charge in [0.2, 0.25) is 0 Å². The van der Waals surface area contributed by atoms with E-state index >= 15 is 0 Å². The van der Waals surface area contributed by atoms with Crippen molar-refractivity contribution in [2.75, 3.05) is 86.3 Å². The first-order valence-corrected chi connectivity index (χ1v) is 12.2. The van der Waals surface area contributed by atoms with Crippen LogP contribution in [0.1, 0.15) is 39.5 Å². The van der Waals surface area contributed by atoms with Crippen molar-refractivity contribution in [3.63, 3.8) is 0 Å². The fourth-order valence-electron chi connectivity index (χ4n) is 2.58. The molecule has 0 saturated heterocycles. The lowest BCUT2D eigenvalue weighted by Crippen LogP contribution is -2.36. The molecule has 0 aliphatic carbocycles. The number of esters is 2. The van der Waals surface area contributed by atoms with E-state index in [4.69, 9.17) is 33.2 Å². The third-order valence-electron chi connectivity index (χ3n) is 4.55. The van der Waals surface area contributed by atoms with Crippen LogP contribution in [0.2, 0.25) is 0 Å². The molecular weight excluding hydrogens is 478 g/mol. The van der Waals surface area contributed by atoms with E-state index in [1.54, 1.807) is 7.05 Å². The normalized spacial score (nSPS) is 11.8. The van der Waals surface area contributed by atoms with E-state index < -0.39 is 18.0 Å². The SMILES string of the molecule is CNC(CCC(C)=O)C(=O)OCCOCCOCCOCCOCCOCCOC(=O)CCC(C)=O. The zero-order valence-corrected chi connectivity index (χ0v) is 21.9. The topological polar surface area (TPSA) is 145 Å². The molecule has 0 fully saturated rings. The maximum absolute atomic E-state index is 11.9. The molecule has 0 aromatic heterocycles. The zero-order chi connectivity index (χ0) is 26.9. The summed E-state index contributed by atoms with van der Waals surface area (Å²) in [5, 5.41) is 2.84. The molecule has 0 aliphatic rings. The van der Waals surface area contributed by atoms with Crippen LogP contribution in [0, 0.1) is 0 Å². The molecule has 0 aliphatic heterocycles. The van der Waals surface area contributed by atoms with Gasteiger partial charge in [-0.05, 0) is 27.3 Å². The van der Waals surface area contributed by atoms with Crippen molar-refractivity contribution in [1.82, 2.24) is 5.32 Å².